The van der Waals surface area contributed by atoms with Gasteiger partial charge in [0.2, 0.25) is 5.91 Å². The third kappa shape index (κ3) is 4.01. The largest absolute Gasteiger partial charge is 0.493 e. The van der Waals surface area contributed by atoms with E-state index in [1.807, 2.05) is 36.6 Å². The Morgan fingerprint density at radius 1 is 1.32 bits per heavy atom. The van der Waals surface area contributed by atoms with Gasteiger partial charge in [-0.15, -0.1) is 11.3 Å². The van der Waals surface area contributed by atoms with Crippen LogP contribution in [0.25, 0.3) is 0 Å². The molecule has 1 N–H and O–H groups in total. The molecule has 1 amide bonds. The molecule has 0 bridgehead atoms. The highest BCUT2D eigenvalue weighted by Gasteiger charge is 2.15. The van der Waals surface area contributed by atoms with Crippen molar-refractivity contribution in [1.82, 2.24) is 5.32 Å². The van der Waals surface area contributed by atoms with Crippen molar-refractivity contribution < 1.29 is 14.3 Å². The quantitative estimate of drug-likeness (QED) is 0.821. The van der Waals surface area contributed by atoms with Crippen molar-refractivity contribution in [1.29, 1.82) is 0 Å². The van der Waals surface area contributed by atoms with Crippen LogP contribution in [0.1, 0.15) is 23.4 Å². The molecule has 0 aliphatic heterocycles. The lowest BCUT2D eigenvalue weighted by molar-refractivity contribution is -0.121. The van der Waals surface area contributed by atoms with Gasteiger partial charge in [-0.3, -0.25) is 4.79 Å². The van der Waals surface area contributed by atoms with E-state index in [-0.39, 0.29) is 18.4 Å². The predicted octanol–water partition coefficient (Wildman–Crippen LogP) is 3.95. The summed E-state index contributed by atoms with van der Waals surface area (Å²) in [6.07, 6.45) is 0.274. The number of carbonyl (C=O) groups excluding carboxylic acids is 1. The van der Waals surface area contributed by atoms with E-state index in [0.29, 0.717) is 11.5 Å². The second-order valence-electron chi connectivity index (χ2n) is 4.78. The van der Waals surface area contributed by atoms with Crippen molar-refractivity contribution in [3.05, 3.63) is 44.6 Å². The number of nitrogens with one attached hydrogen (secondary N) is 1. The van der Waals surface area contributed by atoms with Crippen LogP contribution in [0.15, 0.2) is 34.1 Å². The van der Waals surface area contributed by atoms with E-state index in [1.165, 1.54) is 0 Å². The number of halogens is 1. The molecule has 118 valence electrons. The standard InChI is InChI=1S/C16H18BrNO3S/c1-10(15-5-4-6-22-15)18-16(19)8-11-7-13(20-2)14(21-3)9-12(11)17/h4-7,9-10H,8H2,1-3H3,(H,18,19)/t10-/m0/s1. The van der Waals surface area contributed by atoms with E-state index in [9.17, 15) is 4.79 Å². The third-order valence-corrected chi connectivity index (χ3v) is 5.04. The van der Waals surface area contributed by atoms with E-state index in [2.05, 4.69) is 21.2 Å². The Labute approximate surface area is 142 Å². The number of thiophene rings is 1. The van der Waals surface area contributed by atoms with Crippen molar-refractivity contribution >= 4 is 33.2 Å². The topological polar surface area (TPSA) is 47.6 Å². The fraction of sp³-hybridized carbons (Fsp3) is 0.312. The van der Waals surface area contributed by atoms with Crippen LogP contribution in [0, 0.1) is 0 Å². The van der Waals surface area contributed by atoms with Gasteiger partial charge < -0.3 is 14.8 Å². The summed E-state index contributed by atoms with van der Waals surface area (Å²) >= 11 is 5.10. The van der Waals surface area contributed by atoms with Crippen LogP contribution in [0.2, 0.25) is 0 Å². The molecule has 2 rings (SSSR count). The first-order valence-electron chi connectivity index (χ1n) is 6.78. The molecule has 0 aliphatic rings. The van der Waals surface area contributed by atoms with E-state index in [4.69, 9.17) is 9.47 Å². The van der Waals surface area contributed by atoms with E-state index in [1.54, 1.807) is 25.6 Å². The summed E-state index contributed by atoms with van der Waals surface area (Å²) in [5, 5.41) is 5.01. The first-order valence-corrected chi connectivity index (χ1v) is 8.45. The predicted molar refractivity (Wildman–Crippen MR) is 91.8 cm³/mol. The summed E-state index contributed by atoms with van der Waals surface area (Å²) < 4.78 is 11.3. The Balaban J connectivity index is 2.08. The second-order valence-corrected chi connectivity index (χ2v) is 6.61. The molecule has 0 fully saturated rings. The van der Waals surface area contributed by atoms with Gasteiger partial charge in [0, 0.05) is 9.35 Å². The Kier molecular flexibility index (Phi) is 5.85. The van der Waals surface area contributed by atoms with Crippen molar-refractivity contribution in [2.24, 2.45) is 0 Å². The smallest absolute Gasteiger partial charge is 0.224 e. The maximum absolute atomic E-state index is 12.2. The highest BCUT2D eigenvalue weighted by Crippen LogP contribution is 2.33. The molecule has 1 aromatic heterocycles. The molecule has 6 heteroatoms. The van der Waals surface area contributed by atoms with Gasteiger partial charge in [-0.2, -0.15) is 0 Å². The van der Waals surface area contributed by atoms with Gasteiger partial charge in [0.25, 0.3) is 0 Å². The number of ether oxygens (including phenoxy) is 2. The first kappa shape index (κ1) is 16.8. The molecule has 2 aromatic rings. The Morgan fingerprint density at radius 3 is 2.59 bits per heavy atom. The molecule has 1 aromatic carbocycles. The highest BCUT2D eigenvalue weighted by atomic mass is 79.9. The third-order valence-electron chi connectivity index (χ3n) is 3.25. The van der Waals surface area contributed by atoms with Crippen LogP contribution in [0.4, 0.5) is 0 Å². The SMILES string of the molecule is COc1cc(Br)c(CC(=O)N[C@@H](C)c2cccs2)cc1OC. The van der Waals surface area contributed by atoms with Gasteiger partial charge in [-0.05, 0) is 36.1 Å². The minimum atomic E-state index is -0.0335. The lowest BCUT2D eigenvalue weighted by Gasteiger charge is -2.14. The lowest BCUT2D eigenvalue weighted by Crippen LogP contribution is -2.27. The summed E-state index contributed by atoms with van der Waals surface area (Å²) in [7, 11) is 3.16. The Morgan fingerprint density at radius 2 is 2.00 bits per heavy atom. The zero-order valence-electron chi connectivity index (χ0n) is 12.7. The van der Waals surface area contributed by atoms with Crippen LogP contribution in [0.3, 0.4) is 0 Å². The molecule has 22 heavy (non-hydrogen) atoms. The van der Waals surface area contributed by atoms with Crippen molar-refractivity contribution in [3.8, 4) is 11.5 Å². The molecule has 0 radical (unpaired) electrons. The number of hydrogen-bond acceptors (Lipinski definition) is 4. The molecular formula is C16H18BrNO3S. The van der Waals surface area contributed by atoms with E-state index >= 15 is 0 Å². The molecule has 0 saturated carbocycles. The average Bonchev–Trinajstić information content (AvgIpc) is 3.03. The van der Waals surface area contributed by atoms with Crippen molar-refractivity contribution in [2.45, 2.75) is 19.4 Å². The molecule has 0 saturated heterocycles. The number of hydrogen-bond donors (Lipinski definition) is 1. The molecule has 1 atom stereocenters. The zero-order valence-corrected chi connectivity index (χ0v) is 15.1. The zero-order chi connectivity index (χ0) is 16.1. The minimum absolute atomic E-state index is 0.00594. The van der Waals surface area contributed by atoms with E-state index < -0.39 is 0 Å². The normalized spacial score (nSPS) is 11.8. The van der Waals surface area contributed by atoms with Gasteiger partial charge in [0.05, 0.1) is 26.7 Å². The Bertz CT molecular complexity index is 643. The molecule has 0 unspecified atom stereocenters. The fourth-order valence-electron chi connectivity index (χ4n) is 2.11. The summed E-state index contributed by atoms with van der Waals surface area (Å²) in [4.78, 5) is 13.4. The monoisotopic (exact) mass is 383 g/mol. The molecule has 1 heterocycles. The number of rotatable bonds is 6. The average molecular weight is 384 g/mol. The number of methoxy groups -OCH3 is 2. The van der Waals surface area contributed by atoms with Gasteiger partial charge in [0.1, 0.15) is 0 Å². The first-order chi connectivity index (χ1) is 10.5. The minimum Gasteiger partial charge on any atom is -0.493 e. The highest BCUT2D eigenvalue weighted by molar-refractivity contribution is 9.10. The van der Waals surface area contributed by atoms with Crippen LogP contribution in [-0.2, 0) is 11.2 Å². The second kappa shape index (κ2) is 7.65. The molecule has 4 nitrogen and oxygen atoms in total. The molecule has 0 spiro atoms. The molecule has 0 aliphatic carbocycles. The number of amides is 1. The van der Waals surface area contributed by atoms with Crippen LogP contribution in [-0.4, -0.2) is 20.1 Å². The lowest BCUT2D eigenvalue weighted by atomic mass is 10.1. The molecular weight excluding hydrogens is 366 g/mol. The van der Waals surface area contributed by atoms with Gasteiger partial charge in [-0.25, -0.2) is 0 Å². The maximum atomic E-state index is 12.2. The van der Waals surface area contributed by atoms with E-state index in [0.717, 1.165) is 14.9 Å². The van der Waals surface area contributed by atoms with Gasteiger partial charge >= 0.3 is 0 Å². The summed E-state index contributed by atoms with van der Waals surface area (Å²) in [6.45, 7) is 1.98. The summed E-state index contributed by atoms with van der Waals surface area (Å²) in [5.74, 6) is 1.21. The van der Waals surface area contributed by atoms with Crippen molar-refractivity contribution in [3.63, 3.8) is 0 Å². The van der Waals surface area contributed by atoms with Crippen LogP contribution in [0.5, 0.6) is 11.5 Å². The number of carbonyl (C=O) groups is 1. The van der Waals surface area contributed by atoms with Crippen molar-refractivity contribution in [2.75, 3.05) is 14.2 Å². The van der Waals surface area contributed by atoms with Crippen LogP contribution >= 0.6 is 27.3 Å². The van der Waals surface area contributed by atoms with Gasteiger partial charge in [-0.1, -0.05) is 22.0 Å². The van der Waals surface area contributed by atoms with Gasteiger partial charge in [0.15, 0.2) is 11.5 Å². The fourth-order valence-corrected chi connectivity index (χ4v) is 3.30. The van der Waals surface area contributed by atoms with Crippen LogP contribution < -0.4 is 14.8 Å². The summed E-state index contributed by atoms with van der Waals surface area (Å²) in [5.41, 5.74) is 0.855. The maximum Gasteiger partial charge on any atom is 0.224 e. The summed E-state index contributed by atoms with van der Waals surface area (Å²) in [6, 6.07) is 7.63. The Hall–Kier alpha value is -1.53. The number of benzene rings is 1.